The van der Waals surface area contributed by atoms with Crippen molar-refractivity contribution in [2.24, 2.45) is 0 Å². The average molecular weight is 353 g/mol. The van der Waals surface area contributed by atoms with Crippen molar-refractivity contribution in [3.8, 4) is 22.5 Å². The molecule has 2 heterocycles. The summed E-state index contributed by atoms with van der Waals surface area (Å²) >= 11 is 0. The van der Waals surface area contributed by atoms with Crippen LogP contribution in [0.4, 0.5) is 13.2 Å². The van der Waals surface area contributed by atoms with Crippen LogP contribution in [0.2, 0.25) is 0 Å². The number of alkyl halides is 3. The number of fused-ring (bicyclic) bond motifs is 1. The van der Waals surface area contributed by atoms with Gasteiger partial charge in [-0.3, -0.25) is 0 Å². The third-order valence-electron chi connectivity index (χ3n) is 4.13. The Kier molecular flexibility index (Phi) is 3.76. The highest BCUT2D eigenvalue weighted by molar-refractivity contribution is 5.73. The summed E-state index contributed by atoms with van der Waals surface area (Å²) in [5, 5.41) is 4.43. The Labute approximate surface area is 147 Å². The molecule has 0 saturated heterocycles. The number of hydrogen-bond donors (Lipinski definition) is 0. The molecule has 0 atom stereocenters. The van der Waals surface area contributed by atoms with E-state index in [9.17, 15) is 13.2 Å². The molecule has 0 aliphatic heterocycles. The second kappa shape index (κ2) is 5.98. The molecule has 2 aromatic carbocycles. The smallest absolute Gasteiger partial charge is 0.228 e. The zero-order valence-electron chi connectivity index (χ0n) is 13.8. The first-order chi connectivity index (χ1) is 12.4. The maximum Gasteiger partial charge on any atom is 0.417 e. The van der Waals surface area contributed by atoms with Crippen LogP contribution in [0.25, 0.3) is 28.2 Å². The van der Waals surface area contributed by atoms with Crippen molar-refractivity contribution >= 4 is 5.65 Å². The molecule has 0 aliphatic rings. The summed E-state index contributed by atoms with van der Waals surface area (Å²) in [7, 11) is 0. The largest absolute Gasteiger partial charge is 0.417 e. The van der Waals surface area contributed by atoms with Crippen molar-refractivity contribution in [2.45, 2.75) is 13.1 Å². The Balaban J connectivity index is 2.02. The monoisotopic (exact) mass is 353 g/mol. The third kappa shape index (κ3) is 2.83. The van der Waals surface area contributed by atoms with E-state index in [1.54, 1.807) is 22.7 Å². The zero-order valence-corrected chi connectivity index (χ0v) is 13.8. The molecule has 26 heavy (non-hydrogen) atoms. The van der Waals surface area contributed by atoms with Gasteiger partial charge in [0.15, 0.2) is 5.65 Å². The first kappa shape index (κ1) is 16.3. The first-order valence-electron chi connectivity index (χ1n) is 8.03. The molecule has 130 valence electrons. The van der Waals surface area contributed by atoms with E-state index in [2.05, 4.69) is 10.1 Å². The lowest BCUT2D eigenvalue weighted by Crippen LogP contribution is -2.08. The molecule has 6 heteroatoms. The summed E-state index contributed by atoms with van der Waals surface area (Å²) < 4.78 is 41.9. The van der Waals surface area contributed by atoms with Gasteiger partial charge in [-0.1, -0.05) is 48.5 Å². The first-order valence-corrected chi connectivity index (χ1v) is 8.03. The number of rotatable bonds is 2. The molecule has 4 aromatic rings. The van der Waals surface area contributed by atoms with E-state index in [1.807, 2.05) is 37.3 Å². The molecule has 0 radical (unpaired) electrons. The summed E-state index contributed by atoms with van der Waals surface area (Å²) in [5.74, 6) is 0. The van der Waals surface area contributed by atoms with E-state index in [4.69, 9.17) is 0 Å². The Bertz CT molecular complexity index is 1080. The quantitative estimate of drug-likeness (QED) is 0.484. The van der Waals surface area contributed by atoms with Gasteiger partial charge in [-0.05, 0) is 19.1 Å². The fourth-order valence-electron chi connectivity index (χ4n) is 3.00. The minimum Gasteiger partial charge on any atom is -0.228 e. The van der Waals surface area contributed by atoms with E-state index in [1.165, 1.54) is 12.1 Å². The van der Waals surface area contributed by atoms with Crippen molar-refractivity contribution in [3.05, 3.63) is 78.0 Å². The summed E-state index contributed by atoms with van der Waals surface area (Å²) in [6, 6.07) is 18.3. The molecule has 0 bridgehead atoms. The SMILES string of the molecule is Cc1cc2nc(-c3ccccc3C(F)(F)F)cc(-c3ccccc3)n2n1. The van der Waals surface area contributed by atoms with Gasteiger partial charge in [0.05, 0.1) is 22.6 Å². The summed E-state index contributed by atoms with van der Waals surface area (Å²) in [5.41, 5.74) is 2.42. The van der Waals surface area contributed by atoms with Crippen LogP contribution in [0.1, 0.15) is 11.3 Å². The Morgan fingerprint density at radius 3 is 2.31 bits per heavy atom. The van der Waals surface area contributed by atoms with Gasteiger partial charge >= 0.3 is 6.18 Å². The number of halogens is 3. The van der Waals surface area contributed by atoms with Crippen molar-refractivity contribution in [1.29, 1.82) is 0 Å². The minimum absolute atomic E-state index is 0.0542. The fraction of sp³-hybridized carbons (Fsp3) is 0.100. The van der Waals surface area contributed by atoms with Crippen LogP contribution < -0.4 is 0 Å². The topological polar surface area (TPSA) is 30.2 Å². The highest BCUT2D eigenvalue weighted by Crippen LogP contribution is 2.37. The lowest BCUT2D eigenvalue weighted by molar-refractivity contribution is -0.137. The fourth-order valence-corrected chi connectivity index (χ4v) is 3.00. The maximum atomic E-state index is 13.4. The van der Waals surface area contributed by atoms with Gasteiger partial charge < -0.3 is 0 Å². The van der Waals surface area contributed by atoms with Crippen molar-refractivity contribution in [3.63, 3.8) is 0 Å². The van der Waals surface area contributed by atoms with Gasteiger partial charge in [-0.15, -0.1) is 0 Å². The lowest BCUT2D eigenvalue weighted by atomic mass is 10.0. The number of hydrogen-bond acceptors (Lipinski definition) is 2. The summed E-state index contributed by atoms with van der Waals surface area (Å²) in [6.45, 7) is 1.83. The van der Waals surface area contributed by atoms with Gasteiger partial charge in [-0.25, -0.2) is 9.50 Å². The van der Waals surface area contributed by atoms with Gasteiger partial charge in [-0.2, -0.15) is 18.3 Å². The minimum atomic E-state index is -4.45. The van der Waals surface area contributed by atoms with Crippen LogP contribution in [0, 0.1) is 6.92 Å². The van der Waals surface area contributed by atoms with Crippen LogP contribution in [-0.2, 0) is 6.18 Å². The predicted octanol–water partition coefficient (Wildman–Crippen LogP) is 5.39. The highest BCUT2D eigenvalue weighted by atomic mass is 19.4. The number of aryl methyl sites for hydroxylation is 1. The van der Waals surface area contributed by atoms with Crippen LogP contribution >= 0.6 is 0 Å². The average Bonchev–Trinajstić information content (AvgIpc) is 3.01. The van der Waals surface area contributed by atoms with Crippen molar-refractivity contribution in [2.75, 3.05) is 0 Å². The molecule has 0 saturated carbocycles. The molecule has 0 amide bonds. The molecule has 0 aliphatic carbocycles. The molecule has 3 nitrogen and oxygen atoms in total. The van der Waals surface area contributed by atoms with Gasteiger partial charge in [0.25, 0.3) is 0 Å². The predicted molar refractivity (Wildman–Crippen MR) is 93.6 cm³/mol. The van der Waals surface area contributed by atoms with Crippen LogP contribution in [-0.4, -0.2) is 14.6 Å². The molecule has 0 unspecified atom stereocenters. The van der Waals surface area contributed by atoms with E-state index in [0.29, 0.717) is 11.3 Å². The molecule has 2 aromatic heterocycles. The Hall–Kier alpha value is -3.15. The molecular formula is C20H14F3N3. The Morgan fingerprint density at radius 2 is 1.58 bits per heavy atom. The second-order valence-corrected chi connectivity index (χ2v) is 5.99. The van der Waals surface area contributed by atoms with E-state index in [-0.39, 0.29) is 11.3 Å². The van der Waals surface area contributed by atoms with Gasteiger partial charge in [0.2, 0.25) is 0 Å². The standard InChI is InChI=1S/C20H14F3N3/c1-13-11-19-24-17(15-9-5-6-10-16(15)20(21,22)23)12-18(26(19)25-13)14-7-3-2-4-8-14/h2-12H,1H3. The van der Waals surface area contributed by atoms with Gasteiger partial charge in [0.1, 0.15) is 0 Å². The van der Waals surface area contributed by atoms with Crippen LogP contribution in [0.15, 0.2) is 66.7 Å². The zero-order chi connectivity index (χ0) is 18.3. The van der Waals surface area contributed by atoms with Crippen molar-refractivity contribution in [1.82, 2.24) is 14.6 Å². The van der Waals surface area contributed by atoms with E-state index < -0.39 is 11.7 Å². The normalized spacial score (nSPS) is 11.8. The summed E-state index contributed by atoms with van der Waals surface area (Å²) in [4.78, 5) is 4.43. The second-order valence-electron chi connectivity index (χ2n) is 5.99. The van der Waals surface area contributed by atoms with Crippen LogP contribution in [0.3, 0.4) is 0 Å². The number of nitrogens with zero attached hydrogens (tertiary/aromatic N) is 3. The third-order valence-corrected chi connectivity index (χ3v) is 4.13. The lowest BCUT2D eigenvalue weighted by Gasteiger charge is -2.14. The molecule has 0 spiro atoms. The van der Waals surface area contributed by atoms with Gasteiger partial charge in [0, 0.05) is 17.2 Å². The van der Waals surface area contributed by atoms with Crippen LogP contribution in [0.5, 0.6) is 0 Å². The van der Waals surface area contributed by atoms with Crippen molar-refractivity contribution < 1.29 is 13.2 Å². The summed E-state index contributed by atoms with van der Waals surface area (Å²) in [6.07, 6.45) is -4.45. The Morgan fingerprint density at radius 1 is 0.885 bits per heavy atom. The molecule has 0 N–H and O–H groups in total. The molecule has 0 fully saturated rings. The number of aromatic nitrogens is 3. The number of benzene rings is 2. The maximum absolute atomic E-state index is 13.4. The highest BCUT2D eigenvalue weighted by Gasteiger charge is 2.33. The molecular weight excluding hydrogens is 339 g/mol. The van der Waals surface area contributed by atoms with E-state index in [0.717, 1.165) is 17.3 Å². The molecule has 4 rings (SSSR count). The van der Waals surface area contributed by atoms with E-state index >= 15 is 0 Å².